The summed E-state index contributed by atoms with van der Waals surface area (Å²) in [6.07, 6.45) is 4.91. The zero-order valence-corrected chi connectivity index (χ0v) is 12.0. The highest BCUT2D eigenvalue weighted by Crippen LogP contribution is 2.17. The van der Waals surface area contributed by atoms with Crippen molar-refractivity contribution in [3.63, 3.8) is 0 Å². The van der Waals surface area contributed by atoms with Crippen molar-refractivity contribution in [3.8, 4) is 6.07 Å². The van der Waals surface area contributed by atoms with Crippen LogP contribution in [0.25, 0.3) is 0 Å². The number of amides is 1. The van der Waals surface area contributed by atoms with Crippen LogP contribution in [0.1, 0.15) is 31.7 Å². The number of anilines is 1. The lowest BCUT2D eigenvalue weighted by molar-refractivity contribution is -0.132. The largest absolute Gasteiger partial charge is 0.350 e. The number of rotatable bonds is 3. The molecule has 0 bridgehead atoms. The van der Waals surface area contributed by atoms with Crippen LogP contribution < -0.4 is 4.90 Å². The van der Waals surface area contributed by atoms with E-state index in [1.54, 1.807) is 12.1 Å². The highest BCUT2D eigenvalue weighted by molar-refractivity contribution is 5.81. The number of aromatic nitrogens is 1. The number of carbonyl (C=O) groups is 1. The summed E-state index contributed by atoms with van der Waals surface area (Å²) in [6.45, 7) is 3.29. The first-order valence-electron chi connectivity index (χ1n) is 6.98. The first kappa shape index (κ1) is 14.3. The lowest BCUT2D eigenvalue weighted by atomic mass is 10.0. The number of nitrogens with zero attached hydrogens (tertiary/aromatic N) is 4. The summed E-state index contributed by atoms with van der Waals surface area (Å²) in [5, 5.41) is 8.75. The van der Waals surface area contributed by atoms with Crippen molar-refractivity contribution < 1.29 is 4.79 Å². The van der Waals surface area contributed by atoms with Gasteiger partial charge in [-0.25, -0.2) is 4.98 Å². The second-order valence-corrected chi connectivity index (χ2v) is 5.30. The normalized spacial score (nSPS) is 18.4. The molecule has 1 unspecified atom stereocenters. The molecule has 5 heteroatoms. The molecule has 1 aromatic heterocycles. The van der Waals surface area contributed by atoms with Crippen LogP contribution in [0.4, 0.5) is 5.82 Å². The molecule has 1 aromatic rings. The Kier molecular flexibility index (Phi) is 4.57. The number of carbonyl (C=O) groups excluding carboxylic acids is 1. The summed E-state index contributed by atoms with van der Waals surface area (Å²) in [7, 11) is 1.85. The molecule has 1 fully saturated rings. The minimum atomic E-state index is 0.144. The van der Waals surface area contributed by atoms with E-state index in [0.717, 1.165) is 19.4 Å². The Labute approximate surface area is 119 Å². The van der Waals surface area contributed by atoms with E-state index >= 15 is 0 Å². The van der Waals surface area contributed by atoms with Gasteiger partial charge >= 0.3 is 0 Å². The number of pyridine rings is 1. The molecule has 5 nitrogen and oxygen atoms in total. The van der Waals surface area contributed by atoms with Gasteiger partial charge in [0.2, 0.25) is 5.91 Å². The topological polar surface area (TPSA) is 60.2 Å². The maximum atomic E-state index is 12.3. The molecule has 2 rings (SSSR count). The van der Waals surface area contributed by atoms with Gasteiger partial charge in [-0.1, -0.05) is 0 Å². The van der Waals surface area contributed by atoms with E-state index in [2.05, 4.69) is 11.9 Å². The quantitative estimate of drug-likeness (QED) is 0.841. The Morgan fingerprint density at radius 2 is 2.35 bits per heavy atom. The molecule has 1 aliphatic rings. The Bertz CT molecular complexity index is 506. The van der Waals surface area contributed by atoms with Crippen molar-refractivity contribution >= 4 is 11.7 Å². The van der Waals surface area contributed by atoms with E-state index < -0.39 is 0 Å². The third-order valence-electron chi connectivity index (χ3n) is 3.76. The van der Waals surface area contributed by atoms with Crippen LogP contribution >= 0.6 is 0 Å². The van der Waals surface area contributed by atoms with Crippen LogP contribution in [0.3, 0.4) is 0 Å². The molecular weight excluding hydrogens is 252 g/mol. The van der Waals surface area contributed by atoms with Crippen molar-refractivity contribution in [1.29, 1.82) is 5.26 Å². The molecule has 0 saturated carbocycles. The minimum absolute atomic E-state index is 0.144. The minimum Gasteiger partial charge on any atom is -0.350 e. The second-order valence-electron chi connectivity index (χ2n) is 5.30. The van der Waals surface area contributed by atoms with Crippen LogP contribution in [-0.2, 0) is 4.79 Å². The van der Waals surface area contributed by atoms with Crippen LogP contribution in [0.15, 0.2) is 18.3 Å². The fraction of sp³-hybridized carbons (Fsp3) is 0.533. The molecule has 106 valence electrons. The molecular formula is C15H20N4O. The molecule has 0 aliphatic carbocycles. The van der Waals surface area contributed by atoms with E-state index in [9.17, 15) is 4.79 Å². The predicted octanol–water partition coefficient (Wildman–Crippen LogP) is 1.79. The highest BCUT2D eigenvalue weighted by Gasteiger charge is 2.24. The van der Waals surface area contributed by atoms with Crippen molar-refractivity contribution in [2.24, 2.45) is 0 Å². The summed E-state index contributed by atoms with van der Waals surface area (Å²) in [4.78, 5) is 20.3. The summed E-state index contributed by atoms with van der Waals surface area (Å²) in [6, 6.07) is 5.85. The molecule has 1 aliphatic heterocycles. The molecule has 2 heterocycles. The number of likely N-dealkylation sites (tertiary alicyclic amines) is 1. The Morgan fingerprint density at radius 1 is 1.55 bits per heavy atom. The van der Waals surface area contributed by atoms with Gasteiger partial charge in [-0.2, -0.15) is 5.26 Å². The fourth-order valence-corrected chi connectivity index (χ4v) is 2.52. The lowest BCUT2D eigenvalue weighted by Gasteiger charge is -2.34. The summed E-state index contributed by atoms with van der Waals surface area (Å²) >= 11 is 0. The van der Waals surface area contributed by atoms with Crippen LogP contribution in [0, 0.1) is 11.3 Å². The summed E-state index contributed by atoms with van der Waals surface area (Å²) in [5.74, 6) is 0.855. The molecule has 1 amide bonds. The third-order valence-corrected chi connectivity index (χ3v) is 3.76. The van der Waals surface area contributed by atoms with E-state index in [1.807, 2.05) is 22.9 Å². The molecule has 0 N–H and O–H groups in total. The second kappa shape index (κ2) is 6.38. The van der Waals surface area contributed by atoms with Gasteiger partial charge in [0.05, 0.1) is 12.1 Å². The smallest absolute Gasteiger partial charge is 0.242 e. The maximum absolute atomic E-state index is 12.3. The Morgan fingerprint density at radius 3 is 2.95 bits per heavy atom. The zero-order chi connectivity index (χ0) is 14.5. The van der Waals surface area contributed by atoms with Gasteiger partial charge in [0.1, 0.15) is 11.9 Å². The van der Waals surface area contributed by atoms with Gasteiger partial charge in [0, 0.05) is 25.8 Å². The number of hydrogen-bond acceptors (Lipinski definition) is 4. The van der Waals surface area contributed by atoms with Gasteiger partial charge in [0.15, 0.2) is 0 Å². The first-order valence-corrected chi connectivity index (χ1v) is 6.98. The van der Waals surface area contributed by atoms with Crippen molar-refractivity contribution in [2.45, 2.75) is 32.2 Å². The number of nitriles is 1. The molecule has 1 saturated heterocycles. The van der Waals surface area contributed by atoms with Gasteiger partial charge in [0.25, 0.3) is 0 Å². The number of hydrogen-bond donors (Lipinski definition) is 0. The standard InChI is InChI=1S/C15H20N4O/c1-12-5-3-4-8-19(12)15(20)11-18(2)14-7-6-13(9-16)10-17-14/h6-7,10,12H,3-5,8,11H2,1-2H3. The van der Waals surface area contributed by atoms with E-state index in [0.29, 0.717) is 24.0 Å². The Balaban J connectivity index is 1.97. The SMILES string of the molecule is CC1CCCCN1C(=O)CN(C)c1ccc(C#N)cn1. The third kappa shape index (κ3) is 3.27. The van der Waals surface area contributed by atoms with E-state index in [4.69, 9.17) is 5.26 Å². The van der Waals surface area contributed by atoms with Gasteiger partial charge < -0.3 is 9.80 Å². The van der Waals surface area contributed by atoms with Gasteiger partial charge in [-0.05, 0) is 38.3 Å². The van der Waals surface area contributed by atoms with Gasteiger partial charge in [-0.15, -0.1) is 0 Å². The van der Waals surface area contributed by atoms with E-state index in [1.165, 1.54) is 12.6 Å². The zero-order valence-electron chi connectivity index (χ0n) is 12.0. The number of likely N-dealkylation sites (N-methyl/N-ethyl adjacent to an activating group) is 1. The lowest BCUT2D eigenvalue weighted by Crippen LogP contribution is -2.46. The van der Waals surface area contributed by atoms with Crippen LogP contribution in [0.2, 0.25) is 0 Å². The fourth-order valence-electron chi connectivity index (χ4n) is 2.52. The first-order chi connectivity index (χ1) is 9.61. The molecule has 20 heavy (non-hydrogen) atoms. The monoisotopic (exact) mass is 272 g/mol. The molecule has 1 atom stereocenters. The highest BCUT2D eigenvalue weighted by atomic mass is 16.2. The molecule has 0 radical (unpaired) electrons. The van der Waals surface area contributed by atoms with Gasteiger partial charge in [-0.3, -0.25) is 4.79 Å². The van der Waals surface area contributed by atoms with Crippen LogP contribution in [0.5, 0.6) is 0 Å². The van der Waals surface area contributed by atoms with E-state index in [-0.39, 0.29) is 5.91 Å². The van der Waals surface area contributed by atoms with Crippen molar-refractivity contribution in [3.05, 3.63) is 23.9 Å². The average molecular weight is 272 g/mol. The average Bonchev–Trinajstić information content (AvgIpc) is 2.47. The molecule has 0 spiro atoms. The predicted molar refractivity (Wildman–Crippen MR) is 77.2 cm³/mol. The molecule has 0 aromatic carbocycles. The summed E-state index contributed by atoms with van der Waals surface area (Å²) < 4.78 is 0. The Hall–Kier alpha value is -2.09. The number of piperidine rings is 1. The summed E-state index contributed by atoms with van der Waals surface area (Å²) in [5.41, 5.74) is 0.526. The van der Waals surface area contributed by atoms with Crippen LogP contribution in [-0.4, -0.2) is 42.0 Å². The van der Waals surface area contributed by atoms with Crippen molar-refractivity contribution in [1.82, 2.24) is 9.88 Å². The maximum Gasteiger partial charge on any atom is 0.242 e. The van der Waals surface area contributed by atoms with Crippen molar-refractivity contribution in [2.75, 3.05) is 25.0 Å².